The van der Waals surface area contributed by atoms with Gasteiger partial charge in [0, 0.05) is 12.1 Å². The van der Waals surface area contributed by atoms with Crippen molar-refractivity contribution in [1.29, 1.82) is 0 Å². The SMILES string of the molecule is CCCCCNC(=O)CSc1nnc(-c2ccc(C)c(C)c2)o1. The van der Waals surface area contributed by atoms with Crippen LogP contribution in [0.1, 0.15) is 37.3 Å². The van der Waals surface area contributed by atoms with E-state index in [1.165, 1.54) is 22.9 Å². The Bertz CT molecular complexity index is 655. The third-order valence-corrected chi connectivity index (χ3v) is 4.41. The minimum atomic E-state index is -0.00275. The van der Waals surface area contributed by atoms with E-state index in [0.29, 0.717) is 16.9 Å². The summed E-state index contributed by atoms with van der Waals surface area (Å²) in [7, 11) is 0. The summed E-state index contributed by atoms with van der Waals surface area (Å²) in [5, 5.41) is 11.4. The van der Waals surface area contributed by atoms with Gasteiger partial charge in [-0.15, -0.1) is 10.2 Å². The molecule has 0 aliphatic carbocycles. The molecule has 5 nitrogen and oxygen atoms in total. The number of unbranched alkanes of at least 4 members (excludes halogenated alkanes) is 2. The summed E-state index contributed by atoms with van der Waals surface area (Å²) >= 11 is 1.26. The molecular formula is C17H23N3O2S. The Kier molecular flexibility index (Phi) is 6.65. The van der Waals surface area contributed by atoms with Crippen LogP contribution in [0.15, 0.2) is 27.8 Å². The van der Waals surface area contributed by atoms with Gasteiger partial charge in [0.1, 0.15) is 0 Å². The fourth-order valence-electron chi connectivity index (χ4n) is 2.04. The van der Waals surface area contributed by atoms with Gasteiger partial charge in [0.25, 0.3) is 5.22 Å². The number of thioether (sulfide) groups is 1. The highest BCUT2D eigenvalue weighted by Gasteiger charge is 2.11. The number of carbonyl (C=O) groups excluding carboxylic acids is 1. The molecule has 2 rings (SSSR count). The minimum absolute atomic E-state index is 0.00275. The van der Waals surface area contributed by atoms with E-state index in [0.717, 1.165) is 31.4 Å². The molecule has 2 aromatic rings. The van der Waals surface area contributed by atoms with Gasteiger partial charge in [-0.2, -0.15) is 0 Å². The van der Waals surface area contributed by atoms with Crippen molar-refractivity contribution in [2.75, 3.05) is 12.3 Å². The number of aromatic nitrogens is 2. The lowest BCUT2D eigenvalue weighted by Gasteiger charge is -2.02. The molecule has 0 aliphatic rings. The molecule has 1 heterocycles. The van der Waals surface area contributed by atoms with E-state index in [1.54, 1.807) is 0 Å². The Labute approximate surface area is 141 Å². The Balaban J connectivity index is 1.85. The van der Waals surface area contributed by atoms with Gasteiger partial charge in [0.05, 0.1) is 5.75 Å². The molecule has 1 amide bonds. The second kappa shape index (κ2) is 8.72. The number of rotatable bonds is 8. The zero-order valence-electron chi connectivity index (χ0n) is 13.9. The molecule has 1 N–H and O–H groups in total. The number of nitrogens with zero attached hydrogens (tertiary/aromatic N) is 2. The van der Waals surface area contributed by atoms with Crippen molar-refractivity contribution < 1.29 is 9.21 Å². The van der Waals surface area contributed by atoms with E-state index in [2.05, 4.69) is 29.4 Å². The maximum Gasteiger partial charge on any atom is 0.277 e. The molecule has 0 unspecified atom stereocenters. The topological polar surface area (TPSA) is 68.0 Å². The Hall–Kier alpha value is -1.82. The van der Waals surface area contributed by atoms with E-state index >= 15 is 0 Å². The van der Waals surface area contributed by atoms with Crippen LogP contribution in [0.4, 0.5) is 0 Å². The Morgan fingerprint density at radius 3 is 2.78 bits per heavy atom. The molecule has 1 aromatic carbocycles. The first kappa shape index (κ1) is 17.5. The van der Waals surface area contributed by atoms with Gasteiger partial charge in [-0.25, -0.2) is 0 Å². The van der Waals surface area contributed by atoms with Gasteiger partial charge in [-0.1, -0.05) is 37.6 Å². The number of carbonyl (C=O) groups is 1. The fourth-order valence-corrected chi connectivity index (χ4v) is 2.63. The molecule has 0 saturated carbocycles. The summed E-state index contributed by atoms with van der Waals surface area (Å²) in [5.74, 6) is 0.775. The van der Waals surface area contributed by atoms with Crippen LogP contribution in [-0.4, -0.2) is 28.4 Å². The zero-order valence-corrected chi connectivity index (χ0v) is 14.7. The number of amides is 1. The standard InChI is InChI=1S/C17H23N3O2S/c1-4-5-6-9-18-15(21)11-23-17-20-19-16(22-17)14-8-7-12(2)13(3)10-14/h7-8,10H,4-6,9,11H2,1-3H3,(H,18,21). The van der Waals surface area contributed by atoms with Gasteiger partial charge in [0.2, 0.25) is 11.8 Å². The van der Waals surface area contributed by atoms with Gasteiger partial charge in [-0.3, -0.25) is 4.79 Å². The molecule has 1 aromatic heterocycles. The summed E-state index contributed by atoms with van der Waals surface area (Å²) < 4.78 is 5.62. The Morgan fingerprint density at radius 1 is 1.22 bits per heavy atom. The van der Waals surface area contributed by atoms with Crippen molar-refractivity contribution in [3.05, 3.63) is 29.3 Å². The van der Waals surface area contributed by atoms with Gasteiger partial charge in [-0.05, 0) is 43.5 Å². The van der Waals surface area contributed by atoms with Crippen molar-refractivity contribution >= 4 is 17.7 Å². The van der Waals surface area contributed by atoms with E-state index < -0.39 is 0 Å². The average molecular weight is 333 g/mol. The van der Waals surface area contributed by atoms with Crippen LogP contribution in [0.5, 0.6) is 0 Å². The highest BCUT2D eigenvalue weighted by molar-refractivity contribution is 7.99. The first-order valence-corrected chi connectivity index (χ1v) is 8.89. The predicted molar refractivity (Wildman–Crippen MR) is 92.5 cm³/mol. The van der Waals surface area contributed by atoms with Crippen LogP contribution < -0.4 is 5.32 Å². The van der Waals surface area contributed by atoms with Crippen molar-refractivity contribution in [2.24, 2.45) is 0 Å². The highest BCUT2D eigenvalue weighted by atomic mass is 32.2. The number of aryl methyl sites for hydroxylation is 2. The van der Waals surface area contributed by atoms with E-state index in [1.807, 2.05) is 25.1 Å². The van der Waals surface area contributed by atoms with Crippen LogP contribution in [0.25, 0.3) is 11.5 Å². The summed E-state index contributed by atoms with van der Waals surface area (Å²) in [6, 6.07) is 6.02. The third kappa shape index (κ3) is 5.39. The molecule has 0 saturated heterocycles. The molecule has 0 radical (unpaired) electrons. The molecule has 23 heavy (non-hydrogen) atoms. The van der Waals surface area contributed by atoms with Crippen molar-refractivity contribution in [3.63, 3.8) is 0 Å². The molecular weight excluding hydrogens is 310 g/mol. The summed E-state index contributed by atoms with van der Waals surface area (Å²) in [6.07, 6.45) is 3.30. The second-order valence-electron chi connectivity index (χ2n) is 5.52. The van der Waals surface area contributed by atoms with Crippen molar-refractivity contribution in [2.45, 2.75) is 45.3 Å². The van der Waals surface area contributed by atoms with Crippen molar-refractivity contribution in [3.8, 4) is 11.5 Å². The summed E-state index contributed by atoms with van der Waals surface area (Å²) in [6.45, 7) is 6.98. The Morgan fingerprint density at radius 2 is 2.04 bits per heavy atom. The fraction of sp³-hybridized carbons (Fsp3) is 0.471. The summed E-state index contributed by atoms with van der Waals surface area (Å²) in [4.78, 5) is 11.7. The van der Waals surface area contributed by atoms with Crippen molar-refractivity contribution in [1.82, 2.24) is 15.5 Å². The summed E-state index contributed by atoms with van der Waals surface area (Å²) in [5.41, 5.74) is 3.31. The minimum Gasteiger partial charge on any atom is -0.411 e. The normalized spacial score (nSPS) is 10.7. The smallest absolute Gasteiger partial charge is 0.277 e. The maximum absolute atomic E-state index is 11.7. The first-order chi connectivity index (χ1) is 11.1. The lowest BCUT2D eigenvalue weighted by Crippen LogP contribution is -2.26. The first-order valence-electron chi connectivity index (χ1n) is 7.90. The quantitative estimate of drug-likeness (QED) is 0.588. The van der Waals surface area contributed by atoms with Crippen LogP contribution in [-0.2, 0) is 4.79 Å². The van der Waals surface area contributed by atoms with Crippen LogP contribution in [0.3, 0.4) is 0 Å². The molecule has 0 aliphatic heterocycles. The highest BCUT2D eigenvalue weighted by Crippen LogP contribution is 2.24. The molecule has 6 heteroatoms. The maximum atomic E-state index is 11.7. The molecule has 0 spiro atoms. The monoisotopic (exact) mass is 333 g/mol. The lowest BCUT2D eigenvalue weighted by molar-refractivity contribution is -0.118. The number of benzene rings is 1. The van der Waals surface area contributed by atoms with Crippen LogP contribution in [0, 0.1) is 13.8 Å². The zero-order chi connectivity index (χ0) is 16.7. The van der Waals surface area contributed by atoms with Crippen LogP contribution in [0.2, 0.25) is 0 Å². The van der Waals surface area contributed by atoms with Gasteiger partial charge >= 0.3 is 0 Å². The molecule has 124 valence electrons. The van der Waals surface area contributed by atoms with Gasteiger partial charge < -0.3 is 9.73 Å². The molecule has 0 atom stereocenters. The van der Waals surface area contributed by atoms with Gasteiger partial charge in [0.15, 0.2) is 0 Å². The van der Waals surface area contributed by atoms with E-state index in [4.69, 9.17) is 4.42 Å². The molecule has 0 fully saturated rings. The number of hydrogen-bond acceptors (Lipinski definition) is 5. The second-order valence-corrected chi connectivity index (χ2v) is 6.44. The number of nitrogens with one attached hydrogen (secondary N) is 1. The largest absolute Gasteiger partial charge is 0.411 e. The third-order valence-electron chi connectivity index (χ3n) is 3.59. The lowest BCUT2D eigenvalue weighted by atomic mass is 10.1. The van der Waals surface area contributed by atoms with E-state index in [-0.39, 0.29) is 5.91 Å². The predicted octanol–water partition coefficient (Wildman–Crippen LogP) is 3.75. The molecule has 0 bridgehead atoms. The average Bonchev–Trinajstić information content (AvgIpc) is 3.01. The van der Waals surface area contributed by atoms with Crippen LogP contribution >= 0.6 is 11.8 Å². The van der Waals surface area contributed by atoms with E-state index in [9.17, 15) is 4.79 Å². The number of hydrogen-bond donors (Lipinski definition) is 1.